The second kappa shape index (κ2) is 5.15. The van der Waals surface area contributed by atoms with Crippen LogP contribution in [-0.4, -0.2) is 27.2 Å². The van der Waals surface area contributed by atoms with Crippen molar-refractivity contribution in [3.8, 4) is 11.8 Å². The summed E-state index contributed by atoms with van der Waals surface area (Å²) in [4.78, 5) is 0. The molecule has 3 heteroatoms. The molecule has 0 heterocycles. The van der Waals surface area contributed by atoms with Crippen molar-refractivity contribution in [2.24, 2.45) is 0 Å². The first-order chi connectivity index (χ1) is 6.19. The fourth-order valence-electron chi connectivity index (χ4n) is 1.74. The average Bonchev–Trinajstić information content (AvgIpc) is 1.92. The maximum absolute atomic E-state index is 3.29. The minimum atomic E-state index is -1.18. The second-order valence-electron chi connectivity index (χ2n) is 5.63. The van der Waals surface area contributed by atoms with E-state index in [1.165, 1.54) is 0 Å². The van der Waals surface area contributed by atoms with Gasteiger partial charge in [0.1, 0.15) is 16.5 Å². The highest BCUT2D eigenvalue weighted by atomic mass is 28.4. The fraction of sp³-hybridized carbons (Fsp3) is 0.818. The maximum Gasteiger partial charge on any atom is 0.113 e. The summed E-state index contributed by atoms with van der Waals surface area (Å²) in [6.45, 7) is 17.6. The van der Waals surface area contributed by atoms with Gasteiger partial charge in [0.25, 0.3) is 0 Å². The Balaban J connectivity index is 4.60. The summed E-state index contributed by atoms with van der Waals surface area (Å²) < 4.78 is 2.71. The molecule has 0 aliphatic heterocycles. The summed E-state index contributed by atoms with van der Waals surface area (Å²) in [6.07, 6.45) is 0.977. The van der Waals surface area contributed by atoms with Crippen molar-refractivity contribution >= 4 is 16.5 Å². The van der Waals surface area contributed by atoms with Crippen LogP contribution >= 0.6 is 0 Å². The standard InChI is InChI=1S/C11H25NSi2/c1-8-9-10-11-12(13(2,3)4)14(5,6)7/h8,11H2,1-7H3. The quantitative estimate of drug-likeness (QED) is 0.528. The predicted molar refractivity (Wildman–Crippen MR) is 71.5 cm³/mol. The molecule has 0 atom stereocenters. The van der Waals surface area contributed by atoms with E-state index in [2.05, 4.69) is 62.3 Å². The summed E-state index contributed by atoms with van der Waals surface area (Å²) in [5.74, 6) is 6.47. The van der Waals surface area contributed by atoms with Gasteiger partial charge in [-0.3, -0.25) is 0 Å². The van der Waals surface area contributed by atoms with E-state index < -0.39 is 16.5 Å². The van der Waals surface area contributed by atoms with Gasteiger partial charge in [0.15, 0.2) is 0 Å². The van der Waals surface area contributed by atoms with Gasteiger partial charge in [0.05, 0.1) is 0 Å². The van der Waals surface area contributed by atoms with Gasteiger partial charge >= 0.3 is 0 Å². The molecule has 0 spiro atoms. The molecule has 82 valence electrons. The lowest BCUT2D eigenvalue weighted by molar-refractivity contribution is 0.699. The first-order valence-corrected chi connectivity index (χ1v) is 12.3. The molecule has 0 saturated heterocycles. The maximum atomic E-state index is 3.29. The topological polar surface area (TPSA) is 3.24 Å². The number of hydrogen-bond donors (Lipinski definition) is 0. The molecule has 0 amide bonds. The van der Waals surface area contributed by atoms with Crippen LogP contribution in [0, 0.1) is 11.8 Å². The molecule has 1 nitrogen and oxygen atoms in total. The molecule has 0 aliphatic carbocycles. The second-order valence-corrected chi connectivity index (χ2v) is 15.8. The molecule has 0 N–H and O–H groups in total. The smallest absolute Gasteiger partial charge is 0.113 e. The van der Waals surface area contributed by atoms with Crippen LogP contribution in [0.2, 0.25) is 39.3 Å². The Labute approximate surface area is 92.1 Å². The minimum Gasteiger partial charge on any atom is -0.336 e. The highest BCUT2D eigenvalue weighted by Gasteiger charge is 2.33. The monoisotopic (exact) mass is 227 g/mol. The Kier molecular flexibility index (Phi) is 5.14. The zero-order valence-corrected chi connectivity index (χ0v) is 12.9. The molecular weight excluding hydrogens is 202 g/mol. The van der Waals surface area contributed by atoms with Gasteiger partial charge in [-0.2, -0.15) is 0 Å². The Morgan fingerprint density at radius 2 is 1.29 bits per heavy atom. The van der Waals surface area contributed by atoms with Gasteiger partial charge in [0, 0.05) is 13.0 Å². The Morgan fingerprint density at radius 3 is 1.57 bits per heavy atom. The molecule has 0 unspecified atom stereocenters. The van der Waals surface area contributed by atoms with Crippen molar-refractivity contribution in [3.63, 3.8) is 0 Å². The van der Waals surface area contributed by atoms with Crippen LogP contribution < -0.4 is 0 Å². The summed E-state index contributed by atoms with van der Waals surface area (Å²) in [6, 6.07) is 0. The summed E-state index contributed by atoms with van der Waals surface area (Å²) in [5, 5.41) is 0. The van der Waals surface area contributed by atoms with Gasteiger partial charge in [-0.25, -0.2) is 0 Å². The van der Waals surface area contributed by atoms with Gasteiger partial charge in [-0.1, -0.05) is 52.1 Å². The number of rotatable bonds is 3. The fourth-order valence-corrected chi connectivity index (χ4v) is 10.9. The molecule has 0 aromatic rings. The lowest BCUT2D eigenvalue weighted by atomic mass is 10.5. The van der Waals surface area contributed by atoms with E-state index in [-0.39, 0.29) is 0 Å². The Bertz CT molecular complexity index is 210. The van der Waals surface area contributed by atoms with Crippen LogP contribution in [0.3, 0.4) is 0 Å². The first-order valence-electron chi connectivity index (χ1n) is 5.43. The van der Waals surface area contributed by atoms with E-state index in [1.54, 1.807) is 0 Å². The highest BCUT2D eigenvalue weighted by molar-refractivity contribution is 6.89. The molecule has 0 aliphatic rings. The van der Waals surface area contributed by atoms with E-state index >= 15 is 0 Å². The number of nitrogens with zero attached hydrogens (tertiary/aromatic N) is 1. The SMILES string of the molecule is CCC#CCN([Si](C)(C)C)[Si](C)(C)C. The molecule has 0 radical (unpaired) electrons. The van der Waals surface area contributed by atoms with Crippen molar-refractivity contribution in [1.82, 2.24) is 4.23 Å². The first kappa shape index (κ1) is 14.0. The van der Waals surface area contributed by atoms with Gasteiger partial charge < -0.3 is 4.23 Å². The van der Waals surface area contributed by atoms with Gasteiger partial charge in [-0.15, -0.1) is 5.92 Å². The summed E-state index contributed by atoms with van der Waals surface area (Å²) in [5.41, 5.74) is 0. The van der Waals surface area contributed by atoms with Crippen LogP contribution in [0.1, 0.15) is 13.3 Å². The molecular formula is C11H25NSi2. The third-order valence-electron chi connectivity index (χ3n) is 2.16. The molecule has 14 heavy (non-hydrogen) atoms. The van der Waals surface area contributed by atoms with Gasteiger partial charge in [0.2, 0.25) is 0 Å². The Hall–Kier alpha value is -0.0462. The molecule has 0 bridgehead atoms. The van der Waals surface area contributed by atoms with Crippen LogP contribution in [0.5, 0.6) is 0 Å². The normalized spacial score (nSPS) is 12.6. The summed E-state index contributed by atoms with van der Waals surface area (Å²) in [7, 11) is -2.36. The van der Waals surface area contributed by atoms with Crippen LogP contribution in [-0.2, 0) is 0 Å². The predicted octanol–water partition coefficient (Wildman–Crippen LogP) is 3.37. The van der Waals surface area contributed by atoms with Gasteiger partial charge in [-0.05, 0) is 0 Å². The van der Waals surface area contributed by atoms with Crippen molar-refractivity contribution < 1.29 is 0 Å². The highest BCUT2D eigenvalue weighted by Crippen LogP contribution is 2.18. The largest absolute Gasteiger partial charge is 0.336 e. The van der Waals surface area contributed by atoms with Crippen molar-refractivity contribution in [1.29, 1.82) is 0 Å². The molecule has 0 aromatic carbocycles. The molecule has 0 fully saturated rings. The van der Waals surface area contributed by atoms with Crippen molar-refractivity contribution in [3.05, 3.63) is 0 Å². The molecule has 0 saturated carbocycles. The van der Waals surface area contributed by atoms with Crippen LogP contribution in [0.15, 0.2) is 0 Å². The molecule has 0 aromatic heterocycles. The average molecular weight is 227 g/mol. The van der Waals surface area contributed by atoms with E-state index in [0.717, 1.165) is 13.0 Å². The van der Waals surface area contributed by atoms with E-state index in [4.69, 9.17) is 0 Å². The van der Waals surface area contributed by atoms with Crippen molar-refractivity contribution in [2.45, 2.75) is 52.6 Å². The molecule has 0 rings (SSSR count). The third kappa shape index (κ3) is 4.99. The number of hydrogen-bond acceptors (Lipinski definition) is 1. The van der Waals surface area contributed by atoms with E-state index in [9.17, 15) is 0 Å². The van der Waals surface area contributed by atoms with Crippen molar-refractivity contribution in [2.75, 3.05) is 6.54 Å². The lowest BCUT2D eigenvalue weighted by Crippen LogP contribution is -2.59. The Morgan fingerprint density at radius 1 is 0.857 bits per heavy atom. The van der Waals surface area contributed by atoms with E-state index in [1.807, 2.05) is 0 Å². The van der Waals surface area contributed by atoms with E-state index in [0.29, 0.717) is 0 Å². The lowest BCUT2D eigenvalue weighted by Gasteiger charge is -2.42. The summed E-state index contributed by atoms with van der Waals surface area (Å²) >= 11 is 0. The zero-order chi connectivity index (χ0) is 11.4. The zero-order valence-electron chi connectivity index (χ0n) is 10.9. The van der Waals surface area contributed by atoms with Crippen LogP contribution in [0.4, 0.5) is 0 Å². The minimum absolute atomic E-state index is 0.977. The van der Waals surface area contributed by atoms with Crippen LogP contribution in [0.25, 0.3) is 0 Å². The third-order valence-corrected chi connectivity index (χ3v) is 9.74.